The van der Waals surface area contributed by atoms with Crippen molar-refractivity contribution < 1.29 is 13.9 Å². The summed E-state index contributed by atoms with van der Waals surface area (Å²) in [6.45, 7) is 4.07. The van der Waals surface area contributed by atoms with Crippen LogP contribution in [0.4, 0.5) is 10.2 Å². The molecule has 6 heteroatoms. The molecule has 1 aliphatic heterocycles. The molecule has 17 heavy (non-hydrogen) atoms. The minimum Gasteiger partial charge on any atom is -0.376 e. The predicted molar refractivity (Wildman–Crippen MR) is 60.4 cm³/mol. The fourth-order valence-corrected chi connectivity index (χ4v) is 1.64. The number of nitrogens with zero attached hydrogens (tertiary/aromatic N) is 2. The number of hydrogen-bond donors (Lipinski definition) is 1. The highest BCUT2D eigenvalue weighted by molar-refractivity contribution is 5.37. The van der Waals surface area contributed by atoms with Crippen LogP contribution in [0, 0.1) is 5.82 Å². The van der Waals surface area contributed by atoms with Crippen molar-refractivity contribution in [3.05, 3.63) is 17.8 Å². The van der Waals surface area contributed by atoms with Crippen LogP contribution in [-0.4, -0.2) is 42.4 Å². The third-order valence-electron chi connectivity index (χ3n) is 2.58. The van der Waals surface area contributed by atoms with Gasteiger partial charge in [-0.2, -0.15) is 0 Å². The van der Waals surface area contributed by atoms with Crippen LogP contribution in [0.5, 0.6) is 0 Å². The average Bonchev–Trinajstić information content (AvgIpc) is 2.39. The number of aryl methyl sites for hydroxylation is 1. The molecule has 94 valence electrons. The quantitative estimate of drug-likeness (QED) is 0.852. The van der Waals surface area contributed by atoms with Crippen LogP contribution in [0.3, 0.4) is 0 Å². The van der Waals surface area contributed by atoms with E-state index in [4.69, 9.17) is 9.47 Å². The number of hydrogen-bond acceptors (Lipinski definition) is 5. The molecule has 0 saturated carbocycles. The van der Waals surface area contributed by atoms with Crippen molar-refractivity contribution in [2.24, 2.45) is 0 Å². The van der Waals surface area contributed by atoms with Gasteiger partial charge in [-0.25, -0.2) is 14.4 Å². The van der Waals surface area contributed by atoms with Gasteiger partial charge in [-0.05, 0) is 6.42 Å². The van der Waals surface area contributed by atoms with Crippen LogP contribution in [-0.2, 0) is 15.9 Å². The first-order valence-electron chi connectivity index (χ1n) is 5.74. The van der Waals surface area contributed by atoms with E-state index in [1.807, 2.05) is 6.92 Å². The van der Waals surface area contributed by atoms with Crippen LogP contribution in [0.2, 0.25) is 0 Å². The Morgan fingerprint density at radius 1 is 1.47 bits per heavy atom. The van der Waals surface area contributed by atoms with Crippen LogP contribution in [0.25, 0.3) is 0 Å². The fourth-order valence-electron chi connectivity index (χ4n) is 1.64. The van der Waals surface area contributed by atoms with Gasteiger partial charge in [0.15, 0.2) is 11.6 Å². The van der Waals surface area contributed by atoms with E-state index in [2.05, 4.69) is 15.3 Å². The van der Waals surface area contributed by atoms with E-state index in [1.165, 1.54) is 6.33 Å². The van der Waals surface area contributed by atoms with Crippen molar-refractivity contribution in [1.29, 1.82) is 0 Å². The summed E-state index contributed by atoms with van der Waals surface area (Å²) >= 11 is 0. The maximum atomic E-state index is 13.8. The van der Waals surface area contributed by atoms with Crippen LogP contribution in [0.1, 0.15) is 12.6 Å². The molecule has 1 aromatic heterocycles. The second-order valence-corrected chi connectivity index (χ2v) is 3.79. The monoisotopic (exact) mass is 241 g/mol. The van der Waals surface area contributed by atoms with Crippen molar-refractivity contribution in [3.8, 4) is 0 Å². The number of ether oxygens (including phenoxy) is 2. The number of nitrogens with one attached hydrogen (secondary N) is 1. The molecule has 0 amide bonds. The Morgan fingerprint density at radius 3 is 3.06 bits per heavy atom. The summed E-state index contributed by atoms with van der Waals surface area (Å²) in [6, 6.07) is 0. The summed E-state index contributed by atoms with van der Waals surface area (Å²) in [5, 5.41) is 2.93. The van der Waals surface area contributed by atoms with Crippen molar-refractivity contribution >= 4 is 5.82 Å². The van der Waals surface area contributed by atoms with E-state index in [0.29, 0.717) is 38.5 Å². The van der Waals surface area contributed by atoms with E-state index in [-0.39, 0.29) is 17.7 Å². The summed E-state index contributed by atoms with van der Waals surface area (Å²) < 4.78 is 24.5. The zero-order chi connectivity index (χ0) is 12.1. The number of aromatic nitrogens is 2. The first kappa shape index (κ1) is 12.2. The molecule has 0 aliphatic carbocycles. The van der Waals surface area contributed by atoms with Crippen molar-refractivity contribution in [2.75, 3.05) is 31.7 Å². The Bertz CT molecular complexity index is 370. The minimum atomic E-state index is -0.383. The third kappa shape index (κ3) is 3.10. The van der Waals surface area contributed by atoms with Gasteiger partial charge in [0.1, 0.15) is 6.33 Å². The SMILES string of the molecule is CCc1ncnc(NCC2COCCO2)c1F. The second-order valence-electron chi connectivity index (χ2n) is 3.79. The normalized spacial score (nSPS) is 20.2. The Morgan fingerprint density at radius 2 is 2.35 bits per heavy atom. The second kappa shape index (κ2) is 5.88. The highest BCUT2D eigenvalue weighted by Crippen LogP contribution is 2.13. The topological polar surface area (TPSA) is 56.3 Å². The average molecular weight is 241 g/mol. The molecule has 1 aliphatic rings. The van der Waals surface area contributed by atoms with Crippen LogP contribution < -0.4 is 5.32 Å². The van der Waals surface area contributed by atoms with Gasteiger partial charge in [0.2, 0.25) is 0 Å². The molecule has 0 spiro atoms. The van der Waals surface area contributed by atoms with Gasteiger partial charge >= 0.3 is 0 Å². The van der Waals surface area contributed by atoms with Crippen molar-refractivity contribution in [2.45, 2.75) is 19.4 Å². The lowest BCUT2D eigenvalue weighted by molar-refractivity contribution is -0.0819. The summed E-state index contributed by atoms with van der Waals surface area (Å²) in [5.41, 5.74) is 0.420. The number of halogens is 1. The van der Waals surface area contributed by atoms with Gasteiger partial charge in [0, 0.05) is 6.54 Å². The van der Waals surface area contributed by atoms with E-state index >= 15 is 0 Å². The van der Waals surface area contributed by atoms with Gasteiger partial charge < -0.3 is 14.8 Å². The third-order valence-corrected chi connectivity index (χ3v) is 2.58. The Hall–Kier alpha value is -1.27. The Balaban J connectivity index is 1.93. The number of anilines is 1. The predicted octanol–water partition coefficient (Wildman–Crippen LogP) is 1.01. The zero-order valence-electron chi connectivity index (χ0n) is 9.78. The summed E-state index contributed by atoms with van der Waals surface area (Å²) in [4.78, 5) is 7.75. The molecule has 1 aromatic rings. The number of rotatable bonds is 4. The molecule has 2 rings (SSSR count). The van der Waals surface area contributed by atoms with E-state index in [1.54, 1.807) is 0 Å². The summed E-state index contributed by atoms with van der Waals surface area (Å²) in [6.07, 6.45) is 1.86. The molecule has 1 unspecified atom stereocenters. The largest absolute Gasteiger partial charge is 0.376 e. The van der Waals surface area contributed by atoms with E-state index in [0.717, 1.165) is 0 Å². The molecule has 5 nitrogen and oxygen atoms in total. The molecule has 2 heterocycles. The highest BCUT2D eigenvalue weighted by atomic mass is 19.1. The lowest BCUT2D eigenvalue weighted by Gasteiger charge is -2.23. The highest BCUT2D eigenvalue weighted by Gasteiger charge is 2.16. The maximum Gasteiger partial charge on any atom is 0.186 e. The molecule has 0 bridgehead atoms. The standard InChI is InChI=1S/C11H16FN3O2/c1-2-9-10(12)11(15-7-14-9)13-5-8-6-16-3-4-17-8/h7-8H,2-6H2,1H3,(H,13,14,15). The van der Waals surface area contributed by atoms with Crippen LogP contribution in [0.15, 0.2) is 6.33 Å². The minimum absolute atomic E-state index is 0.0526. The molecule has 1 atom stereocenters. The van der Waals surface area contributed by atoms with Crippen molar-refractivity contribution in [3.63, 3.8) is 0 Å². The van der Waals surface area contributed by atoms with Gasteiger partial charge in [0.05, 0.1) is 31.6 Å². The fraction of sp³-hybridized carbons (Fsp3) is 0.636. The van der Waals surface area contributed by atoms with Crippen LogP contribution >= 0.6 is 0 Å². The summed E-state index contributed by atoms with van der Waals surface area (Å²) in [7, 11) is 0. The van der Waals surface area contributed by atoms with Gasteiger partial charge in [0.25, 0.3) is 0 Å². The first-order valence-corrected chi connectivity index (χ1v) is 5.74. The molecular formula is C11H16FN3O2. The van der Waals surface area contributed by atoms with Crippen molar-refractivity contribution in [1.82, 2.24) is 9.97 Å². The van der Waals surface area contributed by atoms with Gasteiger partial charge in [-0.15, -0.1) is 0 Å². The van der Waals surface area contributed by atoms with E-state index in [9.17, 15) is 4.39 Å². The molecule has 0 radical (unpaired) electrons. The van der Waals surface area contributed by atoms with Gasteiger partial charge in [-0.3, -0.25) is 0 Å². The Labute approximate surface area is 99.4 Å². The molecule has 1 fully saturated rings. The molecular weight excluding hydrogens is 225 g/mol. The zero-order valence-corrected chi connectivity index (χ0v) is 9.78. The maximum absolute atomic E-state index is 13.8. The molecule has 1 N–H and O–H groups in total. The lowest BCUT2D eigenvalue weighted by atomic mass is 10.3. The first-order chi connectivity index (χ1) is 8.31. The lowest BCUT2D eigenvalue weighted by Crippen LogP contribution is -2.34. The smallest absolute Gasteiger partial charge is 0.186 e. The van der Waals surface area contributed by atoms with Gasteiger partial charge in [-0.1, -0.05) is 6.92 Å². The molecule has 0 aromatic carbocycles. The Kier molecular flexibility index (Phi) is 4.22. The van der Waals surface area contributed by atoms with E-state index < -0.39 is 0 Å². The summed E-state index contributed by atoms with van der Waals surface area (Å²) in [5.74, 6) is -0.155. The molecule has 1 saturated heterocycles.